The monoisotopic (exact) mass is 320 g/mol. The molecule has 0 fully saturated rings. The summed E-state index contributed by atoms with van der Waals surface area (Å²) in [7, 11) is 1.72. The highest BCUT2D eigenvalue weighted by Crippen LogP contribution is 2.37. The van der Waals surface area contributed by atoms with Gasteiger partial charge < -0.3 is 10.2 Å². The summed E-state index contributed by atoms with van der Waals surface area (Å²) in [4.78, 5) is 2.52. The molecule has 0 spiro atoms. The molecule has 0 bridgehead atoms. The van der Waals surface area contributed by atoms with Crippen molar-refractivity contribution in [2.75, 3.05) is 32.4 Å². The Morgan fingerprint density at radius 3 is 2.38 bits per heavy atom. The molecule has 0 heterocycles. The molecule has 1 aromatic carbocycles. The molecule has 6 heteroatoms. The molecule has 0 aliphatic rings. The fourth-order valence-electron chi connectivity index (χ4n) is 2.06. The van der Waals surface area contributed by atoms with Crippen LogP contribution in [0, 0.1) is 0 Å². The quantitative estimate of drug-likeness (QED) is 0.732. The minimum atomic E-state index is -4.30. The van der Waals surface area contributed by atoms with Crippen LogP contribution in [0.1, 0.15) is 25.0 Å². The summed E-state index contributed by atoms with van der Waals surface area (Å²) in [6.07, 6.45) is -4.30. The van der Waals surface area contributed by atoms with Gasteiger partial charge in [-0.3, -0.25) is 0 Å². The van der Waals surface area contributed by atoms with Crippen LogP contribution in [0.3, 0.4) is 0 Å². The molecular formula is C15H23F3N2S. The molecule has 0 aromatic heterocycles. The Morgan fingerprint density at radius 2 is 1.86 bits per heavy atom. The van der Waals surface area contributed by atoms with E-state index in [2.05, 4.69) is 24.1 Å². The Morgan fingerprint density at radius 1 is 1.19 bits per heavy atom. The third-order valence-electron chi connectivity index (χ3n) is 3.29. The Bertz CT molecular complexity index is 431. The molecule has 21 heavy (non-hydrogen) atoms. The maximum atomic E-state index is 13.1. The standard InChI is InChI=1S/C15H23F3N2S/c1-4-20(5-2)8-9-21-14-7-6-12(11-19-3)10-13(14)15(16,17)18/h6-7,10,19H,4-5,8-9,11H2,1-3H3. The van der Waals surface area contributed by atoms with Crippen molar-refractivity contribution in [3.8, 4) is 0 Å². The van der Waals surface area contributed by atoms with Crippen LogP contribution in [0.2, 0.25) is 0 Å². The third-order valence-corrected chi connectivity index (χ3v) is 4.34. The van der Waals surface area contributed by atoms with Crippen molar-refractivity contribution in [3.63, 3.8) is 0 Å². The number of benzene rings is 1. The lowest BCUT2D eigenvalue weighted by Crippen LogP contribution is -2.25. The number of halogens is 3. The number of hydrogen-bond donors (Lipinski definition) is 1. The molecule has 0 atom stereocenters. The van der Waals surface area contributed by atoms with Crippen LogP contribution >= 0.6 is 11.8 Å². The van der Waals surface area contributed by atoms with E-state index in [0.29, 0.717) is 22.8 Å². The molecule has 2 nitrogen and oxygen atoms in total. The summed E-state index contributed by atoms with van der Waals surface area (Å²) in [5.74, 6) is 0.663. The Labute approximate surface area is 129 Å². The van der Waals surface area contributed by atoms with Crippen molar-refractivity contribution in [3.05, 3.63) is 29.3 Å². The minimum Gasteiger partial charge on any atom is -0.316 e. The highest BCUT2D eigenvalue weighted by Gasteiger charge is 2.33. The lowest BCUT2D eigenvalue weighted by molar-refractivity contribution is -0.139. The van der Waals surface area contributed by atoms with Crippen LogP contribution in [0.15, 0.2) is 23.1 Å². The summed E-state index contributed by atoms with van der Waals surface area (Å²) >= 11 is 1.28. The first-order valence-corrected chi connectivity index (χ1v) is 8.10. The second-order valence-electron chi connectivity index (χ2n) is 4.73. The molecule has 0 radical (unpaired) electrons. The average molecular weight is 320 g/mol. The smallest absolute Gasteiger partial charge is 0.316 e. The summed E-state index contributed by atoms with van der Waals surface area (Å²) in [6, 6.07) is 4.59. The largest absolute Gasteiger partial charge is 0.417 e. The van der Waals surface area contributed by atoms with Crippen molar-refractivity contribution >= 4 is 11.8 Å². The molecule has 0 saturated carbocycles. The Hall–Kier alpha value is -0.720. The maximum Gasteiger partial charge on any atom is 0.417 e. The van der Waals surface area contributed by atoms with Crippen molar-refractivity contribution in [2.24, 2.45) is 0 Å². The predicted molar refractivity (Wildman–Crippen MR) is 82.7 cm³/mol. The van der Waals surface area contributed by atoms with Gasteiger partial charge in [-0.2, -0.15) is 13.2 Å². The number of rotatable bonds is 8. The van der Waals surface area contributed by atoms with Gasteiger partial charge in [0.25, 0.3) is 0 Å². The van der Waals surface area contributed by atoms with E-state index < -0.39 is 11.7 Å². The number of thioether (sulfide) groups is 1. The molecule has 120 valence electrons. The van der Waals surface area contributed by atoms with Gasteiger partial charge in [-0.1, -0.05) is 19.9 Å². The van der Waals surface area contributed by atoms with E-state index in [1.165, 1.54) is 17.8 Å². The zero-order valence-electron chi connectivity index (χ0n) is 12.8. The minimum absolute atomic E-state index is 0.314. The lowest BCUT2D eigenvalue weighted by Gasteiger charge is -2.18. The van der Waals surface area contributed by atoms with Crippen LogP contribution < -0.4 is 5.32 Å². The van der Waals surface area contributed by atoms with E-state index in [1.54, 1.807) is 19.2 Å². The SMILES string of the molecule is CCN(CC)CCSc1ccc(CNC)cc1C(F)(F)F. The van der Waals surface area contributed by atoms with Gasteiger partial charge in [0.15, 0.2) is 0 Å². The van der Waals surface area contributed by atoms with E-state index >= 15 is 0 Å². The first-order chi connectivity index (χ1) is 9.92. The second kappa shape index (κ2) is 8.66. The topological polar surface area (TPSA) is 15.3 Å². The predicted octanol–water partition coefficient (Wildman–Crippen LogP) is 3.86. The van der Waals surface area contributed by atoms with Gasteiger partial charge in [0, 0.05) is 23.7 Å². The van der Waals surface area contributed by atoms with Crippen LogP contribution in [-0.2, 0) is 12.7 Å². The zero-order chi connectivity index (χ0) is 15.9. The van der Waals surface area contributed by atoms with Gasteiger partial charge in [-0.25, -0.2) is 0 Å². The molecule has 1 N–H and O–H groups in total. The summed E-state index contributed by atoms with van der Waals surface area (Å²) in [5, 5.41) is 2.87. The van der Waals surface area contributed by atoms with E-state index in [4.69, 9.17) is 0 Å². The summed E-state index contributed by atoms with van der Waals surface area (Å²) in [5.41, 5.74) is 0.123. The summed E-state index contributed by atoms with van der Waals surface area (Å²) < 4.78 is 39.4. The molecular weight excluding hydrogens is 297 g/mol. The van der Waals surface area contributed by atoms with Gasteiger partial charge in [0.2, 0.25) is 0 Å². The number of nitrogens with zero attached hydrogens (tertiary/aromatic N) is 1. The van der Waals surface area contributed by atoms with E-state index in [9.17, 15) is 13.2 Å². The molecule has 0 unspecified atom stereocenters. The first kappa shape index (κ1) is 18.3. The Kier molecular flexibility index (Phi) is 7.56. The average Bonchev–Trinajstić information content (AvgIpc) is 2.44. The van der Waals surface area contributed by atoms with E-state index in [0.717, 1.165) is 19.6 Å². The summed E-state index contributed by atoms with van der Waals surface area (Å²) in [6.45, 7) is 7.19. The zero-order valence-corrected chi connectivity index (χ0v) is 13.6. The fraction of sp³-hybridized carbons (Fsp3) is 0.600. The third kappa shape index (κ3) is 5.88. The van der Waals surface area contributed by atoms with Gasteiger partial charge in [0.1, 0.15) is 0 Å². The Balaban J connectivity index is 2.81. The molecule has 1 aromatic rings. The molecule has 0 aliphatic heterocycles. The van der Waals surface area contributed by atoms with Crippen molar-refractivity contribution in [1.29, 1.82) is 0 Å². The van der Waals surface area contributed by atoms with Crippen molar-refractivity contribution < 1.29 is 13.2 Å². The van der Waals surface area contributed by atoms with Crippen LogP contribution in [0.4, 0.5) is 13.2 Å². The highest BCUT2D eigenvalue weighted by atomic mass is 32.2. The fourth-order valence-corrected chi connectivity index (χ4v) is 3.13. The molecule has 0 aliphatic carbocycles. The van der Waals surface area contributed by atoms with Gasteiger partial charge in [-0.15, -0.1) is 11.8 Å². The number of alkyl halides is 3. The van der Waals surface area contributed by atoms with E-state index in [-0.39, 0.29) is 0 Å². The highest BCUT2D eigenvalue weighted by molar-refractivity contribution is 7.99. The van der Waals surface area contributed by atoms with Gasteiger partial charge >= 0.3 is 6.18 Å². The van der Waals surface area contributed by atoms with Crippen LogP contribution in [-0.4, -0.2) is 37.3 Å². The molecule has 0 saturated heterocycles. The molecule has 0 amide bonds. The van der Waals surface area contributed by atoms with Gasteiger partial charge in [-0.05, 0) is 37.8 Å². The lowest BCUT2D eigenvalue weighted by atomic mass is 10.1. The maximum absolute atomic E-state index is 13.1. The normalized spacial score (nSPS) is 12.1. The molecule has 1 rings (SSSR count). The first-order valence-electron chi connectivity index (χ1n) is 7.12. The second-order valence-corrected chi connectivity index (χ2v) is 5.87. The van der Waals surface area contributed by atoms with Gasteiger partial charge in [0.05, 0.1) is 5.56 Å². The number of hydrogen-bond acceptors (Lipinski definition) is 3. The van der Waals surface area contributed by atoms with Crippen LogP contribution in [0.25, 0.3) is 0 Å². The number of nitrogens with one attached hydrogen (secondary N) is 1. The van der Waals surface area contributed by atoms with Crippen LogP contribution in [0.5, 0.6) is 0 Å². The van der Waals surface area contributed by atoms with Crippen molar-refractivity contribution in [2.45, 2.75) is 31.5 Å². The van der Waals surface area contributed by atoms with Crippen molar-refractivity contribution in [1.82, 2.24) is 10.2 Å². The van der Waals surface area contributed by atoms with E-state index in [1.807, 2.05) is 0 Å².